The van der Waals surface area contributed by atoms with Crippen LogP contribution in [0.2, 0.25) is 0 Å². The molecule has 4 nitrogen and oxygen atoms in total. The second-order valence-electron chi connectivity index (χ2n) is 6.68. The van der Waals surface area contributed by atoms with Crippen molar-refractivity contribution in [2.24, 2.45) is 0 Å². The minimum absolute atomic E-state index is 0.0708. The molecule has 1 aromatic heterocycles. The van der Waals surface area contributed by atoms with E-state index < -0.39 is 17.8 Å². The summed E-state index contributed by atoms with van der Waals surface area (Å²) in [6, 6.07) is 2.65. The molecule has 1 fully saturated rings. The minimum atomic E-state index is -4.51. The largest absolute Gasteiger partial charge is 0.440 e. The van der Waals surface area contributed by atoms with E-state index in [0.717, 1.165) is 25.3 Å². The first-order valence-corrected chi connectivity index (χ1v) is 8.17. The monoisotopic (exact) mass is 342 g/mol. The van der Waals surface area contributed by atoms with E-state index in [4.69, 9.17) is 4.42 Å². The van der Waals surface area contributed by atoms with Crippen molar-refractivity contribution in [1.82, 2.24) is 10.3 Å². The Kier molecular flexibility index (Phi) is 4.57. The van der Waals surface area contributed by atoms with Crippen molar-refractivity contribution < 1.29 is 22.7 Å². The molecule has 0 aliphatic heterocycles. The molecular weight excluding hydrogens is 321 g/mol. The van der Waals surface area contributed by atoms with Crippen LogP contribution in [0.15, 0.2) is 16.5 Å². The van der Waals surface area contributed by atoms with Gasteiger partial charge in [0.05, 0.1) is 6.10 Å². The van der Waals surface area contributed by atoms with Crippen LogP contribution in [0.25, 0.3) is 11.1 Å². The molecule has 24 heavy (non-hydrogen) atoms. The van der Waals surface area contributed by atoms with Crippen LogP contribution >= 0.6 is 0 Å². The lowest BCUT2D eigenvalue weighted by atomic mass is 10.1. The molecule has 2 atom stereocenters. The molecule has 2 N–H and O–H groups in total. The molecule has 1 heterocycles. The lowest BCUT2D eigenvalue weighted by Gasteiger charge is -2.17. The molecular formula is C17H21F3N2O2. The number of hydrogen-bond acceptors (Lipinski definition) is 4. The van der Waals surface area contributed by atoms with Crippen molar-refractivity contribution in [3.8, 4) is 0 Å². The molecule has 0 unspecified atom stereocenters. The van der Waals surface area contributed by atoms with Gasteiger partial charge in [0.1, 0.15) is 11.1 Å². The Bertz CT molecular complexity index is 724. The third-order valence-electron chi connectivity index (χ3n) is 4.41. The molecule has 132 valence electrons. The molecule has 0 saturated heterocycles. The first-order valence-electron chi connectivity index (χ1n) is 8.17. The van der Waals surface area contributed by atoms with Crippen molar-refractivity contribution in [3.05, 3.63) is 29.2 Å². The molecule has 1 aliphatic rings. The second-order valence-corrected chi connectivity index (χ2v) is 6.68. The van der Waals surface area contributed by atoms with Crippen molar-refractivity contribution in [3.63, 3.8) is 0 Å². The van der Waals surface area contributed by atoms with E-state index in [-0.39, 0.29) is 29.6 Å². The first kappa shape index (κ1) is 17.2. The van der Waals surface area contributed by atoms with E-state index in [1.807, 2.05) is 13.8 Å². The highest BCUT2D eigenvalue weighted by Gasteiger charge is 2.35. The fourth-order valence-corrected chi connectivity index (χ4v) is 3.10. The summed E-state index contributed by atoms with van der Waals surface area (Å²) in [6.07, 6.45) is -2.46. The average molecular weight is 342 g/mol. The van der Waals surface area contributed by atoms with Gasteiger partial charge >= 0.3 is 6.18 Å². The van der Waals surface area contributed by atoms with E-state index in [9.17, 15) is 18.3 Å². The predicted molar refractivity (Wildman–Crippen MR) is 83.6 cm³/mol. The average Bonchev–Trinajstić information content (AvgIpc) is 3.09. The molecule has 7 heteroatoms. The van der Waals surface area contributed by atoms with Gasteiger partial charge in [0.25, 0.3) is 0 Å². The van der Waals surface area contributed by atoms with Gasteiger partial charge < -0.3 is 14.8 Å². The summed E-state index contributed by atoms with van der Waals surface area (Å²) in [5, 5.41) is 13.0. The molecule has 0 amide bonds. The van der Waals surface area contributed by atoms with Gasteiger partial charge in [-0.15, -0.1) is 0 Å². The van der Waals surface area contributed by atoms with Gasteiger partial charge in [-0.1, -0.05) is 13.8 Å². The maximum Gasteiger partial charge on any atom is 0.420 e. The zero-order chi connectivity index (χ0) is 17.5. The highest BCUT2D eigenvalue weighted by Crippen LogP contribution is 2.37. The summed E-state index contributed by atoms with van der Waals surface area (Å²) in [7, 11) is 0. The standard InChI is InChI=1S/C17H21F3N2O2/c1-9(2)16-22-13-7-10(8-21-12-4-3-5-14(12)23)6-11(15(13)24-16)17(18,19)20/h6-7,9,12,14,21,23H,3-5,8H2,1-2H3/t12-,14+/m0/s1. The third-order valence-corrected chi connectivity index (χ3v) is 4.41. The molecule has 2 aromatic rings. The van der Waals surface area contributed by atoms with Crippen LogP contribution in [-0.4, -0.2) is 22.2 Å². The number of aliphatic hydroxyl groups is 1. The molecule has 1 aromatic carbocycles. The van der Waals surface area contributed by atoms with Crippen molar-refractivity contribution >= 4 is 11.1 Å². The summed E-state index contributed by atoms with van der Waals surface area (Å²) in [5.41, 5.74) is -0.311. The van der Waals surface area contributed by atoms with Gasteiger partial charge in [-0.25, -0.2) is 4.98 Å². The van der Waals surface area contributed by atoms with Gasteiger partial charge in [0.2, 0.25) is 0 Å². The van der Waals surface area contributed by atoms with E-state index in [1.165, 1.54) is 0 Å². The van der Waals surface area contributed by atoms with Crippen LogP contribution in [0.5, 0.6) is 0 Å². The maximum atomic E-state index is 13.4. The highest BCUT2D eigenvalue weighted by atomic mass is 19.4. The number of nitrogens with zero attached hydrogens (tertiary/aromatic N) is 1. The lowest BCUT2D eigenvalue weighted by molar-refractivity contribution is -0.136. The summed E-state index contributed by atoms with van der Waals surface area (Å²) < 4.78 is 45.4. The summed E-state index contributed by atoms with van der Waals surface area (Å²) in [5.74, 6) is 0.209. The van der Waals surface area contributed by atoms with Gasteiger partial charge in [0.15, 0.2) is 11.5 Å². The van der Waals surface area contributed by atoms with Crippen LogP contribution < -0.4 is 5.32 Å². The summed E-state index contributed by atoms with van der Waals surface area (Å²) in [6.45, 7) is 3.90. The molecule has 1 saturated carbocycles. The maximum absolute atomic E-state index is 13.4. The fourth-order valence-electron chi connectivity index (χ4n) is 3.10. The Hall–Kier alpha value is -1.60. The number of rotatable bonds is 4. The van der Waals surface area contributed by atoms with Crippen LogP contribution in [0.4, 0.5) is 13.2 Å². The van der Waals surface area contributed by atoms with Gasteiger partial charge in [0, 0.05) is 18.5 Å². The fraction of sp³-hybridized carbons (Fsp3) is 0.588. The van der Waals surface area contributed by atoms with E-state index in [0.29, 0.717) is 11.5 Å². The van der Waals surface area contributed by atoms with Gasteiger partial charge in [-0.2, -0.15) is 13.2 Å². The van der Waals surface area contributed by atoms with E-state index in [1.54, 1.807) is 6.07 Å². The van der Waals surface area contributed by atoms with Crippen molar-refractivity contribution in [1.29, 1.82) is 0 Å². The molecule has 3 rings (SSSR count). The molecule has 0 bridgehead atoms. The minimum Gasteiger partial charge on any atom is -0.440 e. The molecule has 0 spiro atoms. The highest BCUT2D eigenvalue weighted by molar-refractivity contribution is 5.78. The Morgan fingerprint density at radius 3 is 2.67 bits per heavy atom. The number of halogens is 3. The summed E-state index contributed by atoms with van der Waals surface area (Å²) >= 11 is 0. The Labute approximate surface area is 138 Å². The zero-order valence-corrected chi connectivity index (χ0v) is 13.7. The number of benzene rings is 1. The number of aliphatic hydroxyl groups excluding tert-OH is 1. The Balaban J connectivity index is 1.93. The quantitative estimate of drug-likeness (QED) is 0.883. The normalized spacial score (nSPS) is 22.0. The van der Waals surface area contributed by atoms with Crippen molar-refractivity contribution in [2.75, 3.05) is 0 Å². The van der Waals surface area contributed by atoms with Crippen molar-refractivity contribution in [2.45, 2.75) is 63.9 Å². The molecule has 1 aliphatic carbocycles. The predicted octanol–water partition coefficient (Wildman–Crippen LogP) is 3.97. The number of alkyl halides is 3. The van der Waals surface area contributed by atoms with E-state index in [2.05, 4.69) is 10.3 Å². The third kappa shape index (κ3) is 3.42. The van der Waals surface area contributed by atoms with Gasteiger partial charge in [-0.05, 0) is 37.0 Å². The topological polar surface area (TPSA) is 58.3 Å². The number of hydrogen-bond donors (Lipinski definition) is 2. The van der Waals surface area contributed by atoms with Gasteiger partial charge in [-0.3, -0.25) is 0 Å². The van der Waals surface area contributed by atoms with Crippen LogP contribution in [-0.2, 0) is 12.7 Å². The van der Waals surface area contributed by atoms with Crippen LogP contribution in [0, 0.1) is 0 Å². The van der Waals surface area contributed by atoms with E-state index >= 15 is 0 Å². The summed E-state index contributed by atoms with van der Waals surface area (Å²) in [4.78, 5) is 4.20. The lowest BCUT2D eigenvalue weighted by Crippen LogP contribution is -2.35. The zero-order valence-electron chi connectivity index (χ0n) is 13.7. The SMILES string of the molecule is CC(C)c1nc2cc(CN[C@H]3CCC[C@H]3O)cc(C(F)(F)F)c2o1. The Morgan fingerprint density at radius 2 is 2.08 bits per heavy atom. The smallest absolute Gasteiger partial charge is 0.420 e. The second kappa shape index (κ2) is 6.37. The number of fused-ring (bicyclic) bond motifs is 1. The van der Waals surface area contributed by atoms with Crippen LogP contribution in [0.3, 0.4) is 0 Å². The Morgan fingerprint density at radius 1 is 1.33 bits per heavy atom. The first-order chi connectivity index (χ1) is 11.3. The number of nitrogens with one attached hydrogen (secondary N) is 1. The number of aromatic nitrogens is 1. The van der Waals surface area contributed by atoms with Crippen LogP contribution in [0.1, 0.15) is 56.0 Å². The molecule has 0 radical (unpaired) electrons. The number of oxazole rings is 1.